The molecule has 1 fully saturated rings. The number of nitrogens with zero attached hydrogens (tertiary/aromatic N) is 1. The van der Waals surface area contributed by atoms with Crippen molar-refractivity contribution in [2.24, 2.45) is 5.73 Å². The summed E-state index contributed by atoms with van der Waals surface area (Å²) in [6.45, 7) is 3.78. The van der Waals surface area contributed by atoms with Crippen LogP contribution >= 0.6 is 0 Å². The molecule has 0 spiro atoms. The molecule has 2 heterocycles. The van der Waals surface area contributed by atoms with Crippen molar-refractivity contribution in [2.45, 2.75) is 76.9 Å². The van der Waals surface area contributed by atoms with E-state index in [1.807, 2.05) is 13.8 Å². The predicted molar refractivity (Wildman–Crippen MR) is 107 cm³/mol. The number of amides is 4. The fourth-order valence-corrected chi connectivity index (χ4v) is 2.89. The second kappa shape index (κ2) is 13.3. The topological polar surface area (TPSA) is 159 Å². The maximum Gasteiger partial charge on any atom is 0.243 e. The van der Waals surface area contributed by atoms with Crippen LogP contribution in [0.2, 0.25) is 0 Å². The van der Waals surface area contributed by atoms with Gasteiger partial charge in [0.15, 0.2) is 0 Å². The summed E-state index contributed by atoms with van der Waals surface area (Å²) < 4.78 is 0. The third-order valence-corrected chi connectivity index (χ3v) is 4.40. The molecule has 0 radical (unpaired) electrons. The van der Waals surface area contributed by atoms with Gasteiger partial charge in [-0.15, -0.1) is 0 Å². The molecule has 4 amide bonds. The molecule has 3 atom stereocenters. The zero-order valence-electron chi connectivity index (χ0n) is 17.1. The first-order valence-electron chi connectivity index (χ1n) is 10.0. The van der Waals surface area contributed by atoms with Gasteiger partial charge in [0.2, 0.25) is 23.6 Å². The van der Waals surface area contributed by atoms with E-state index in [1.165, 1.54) is 0 Å². The van der Waals surface area contributed by atoms with Crippen LogP contribution in [0.25, 0.3) is 0 Å². The molecule has 10 nitrogen and oxygen atoms in total. The summed E-state index contributed by atoms with van der Waals surface area (Å²) >= 11 is 0. The Labute approximate surface area is 170 Å². The monoisotopic (exact) mass is 408 g/mol. The standard InChI is InChI=1S/C16H28N4O4.C3H4N2/c1-3-6-10(14(17)22)19-15(23)11(7-4-2)20-16(24)12-8-5-9-13(21)18-12;1-2-5-3-4-1/h10-12H,3-9H2,1-2H3,(H2,17,22)(H,18,21)(H,19,23)(H,20,24);1-3H,(H,4,5). The highest BCUT2D eigenvalue weighted by Crippen LogP contribution is 2.09. The lowest BCUT2D eigenvalue weighted by molar-refractivity contribution is -0.134. The maximum absolute atomic E-state index is 12.4. The van der Waals surface area contributed by atoms with Gasteiger partial charge in [-0.2, -0.15) is 0 Å². The average Bonchev–Trinajstić information content (AvgIpc) is 3.27. The molecule has 0 saturated carbocycles. The lowest BCUT2D eigenvalue weighted by Gasteiger charge is -2.26. The number of primary amides is 1. The summed E-state index contributed by atoms with van der Waals surface area (Å²) in [4.78, 5) is 53.9. The third-order valence-electron chi connectivity index (χ3n) is 4.40. The molecule has 1 aromatic heterocycles. The van der Waals surface area contributed by atoms with Crippen molar-refractivity contribution in [3.05, 3.63) is 18.7 Å². The lowest BCUT2D eigenvalue weighted by atomic mass is 10.0. The van der Waals surface area contributed by atoms with Crippen molar-refractivity contribution in [3.63, 3.8) is 0 Å². The summed E-state index contributed by atoms with van der Waals surface area (Å²) in [7, 11) is 0. The normalized spacial score (nSPS) is 17.7. The number of hydrogen-bond donors (Lipinski definition) is 5. The Morgan fingerprint density at radius 2 is 1.90 bits per heavy atom. The van der Waals surface area contributed by atoms with Gasteiger partial charge >= 0.3 is 0 Å². The molecule has 0 bridgehead atoms. The molecule has 29 heavy (non-hydrogen) atoms. The lowest BCUT2D eigenvalue weighted by Crippen LogP contribution is -2.56. The average molecular weight is 409 g/mol. The minimum absolute atomic E-state index is 0.158. The van der Waals surface area contributed by atoms with E-state index in [2.05, 4.69) is 25.9 Å². The van der Waals surface area contributed by atoms with Crippen LogP contribution in [0, 0.1) is 0 Å². The number of aromatic amines is 1. The summed E-state index contributed by atoms with van der Waals surface area (Å²) in [5.41, 5.74) is 5.29. The first-order chi connectivity index (χ1) is 13.9. The highest BCUT2D eigenvalue weighted by atomic mass is 16.2. The molecule has 10 heteroatoms. The Morgan fingerprint density at radius 3 is 2.38 bits per heavy atom. The Balaban J connectivity index is 0.000000726. The van der Waals surface area contributed by atoms with E-state index in [9.17, 15) is 19.2 Å². The van der Waals surface area contributed by atoms with Gasteiger partial charge in [-0.1, -0.05) is 26.7 Å². The largest absolute Gasteiger partial charge is 0.368 e. The van der Waals surface area contributed by atoms with Crippen molar-refractivity contribution in [1.29, 1.82) is 0 Å². The molecule has 6 N–H and O–H groups in total. The Hall–Kier alpha value is -2.91. The number of H-pyrrole nitrogens is 1. The van der Waals surface area contributed by atoms with Crippen LogP contribution in [-0.4, -0.2) is 51.7 Å². The highest BCUT2D eigenvalue weighted by Gasteiger charge is 2.29. The fraction of sp³-hybridized carbons (Fsp3) is 0.632. The number of hydrogen-bond acceptors (Lipinski definition) is 5. The van der Waals surface area contributed by atoms with Crippen LogP contribution in [0.3, 0.4) is 0 Å². The number of imidazole rings is 1. The minimum atomic E-state index is -0.750. The zero-order chi connectivity index (χ0) is 21.6. The second-order valence-corrected chi connectivity index (χ2v) is 6.87. The Bertz CT molecular complexity index is 632. The SMILES string of the molecule is CCCC(NC(=O)C(CCC)NC(=O)C1CCCC(=O)N1)C(N)=O.c1c[nH]cn1. The van der Waals surface area contributed by atoms with Gasteiger partial charge in [0, 0.05) is 18.8 Å². The third kappa shape index (κ3) is 9.22. The van der Waals surface area contributed by atoms with E-state index in [4.69, 9.17) is 5.73 Å². The summed E-state index contributed by atoms with van der Waals surface area (Å²) in [5.74, 6) is -1.55. The number of rotatable bonds is 9. The zero-order valence-corrected chi connectivity index (χ0v) is 17.1. The number of nitrogens with one attached hydrogen (secondary N) is 4. The summed E-state index contributed by atoms with van der Waals surface area (Å²) in [6, 6.07) is -2.10. The fourth-order valence-electron chi connectivity index (χ4n) is 2.89. The van der Waals surface area contributed by atoms with Crippen molar-refractivity contribution in [2.75, 3.05) is 0 Å². The molecule has 1 aliphatic heterocycles. The number of nitrogens with two attached hydrogens (primary N) is 1. The van der Waals surface area contributed by atoms with Gasteiger partial charge in [0.1, 0.15) is 18.1 Å². The minimum Gasteiger partial charge on any atom is -0.368 e. The molecule has 162 valence electrons. The van der Waals surface area contributed by atoms with E-state index in [1.54, 1.807) is 18.7 Å². The molecule has 1 aliphatic rings. The molecule has 1 saturated heterocycles. The van der Waals surface area contributed by atoms with Crippen LogP contribution < -0.4 is 21.7 Å². The Morgan fingerprint density at radius 1 is 1.21 bits per heavy atom. The number of piperidine rings is 1. The molecular formula is C19H32N6O4. The molecule has 0 aromatic carbocycles. The van der Waals surface area contributed by atoms with Crippen LogP contribution in [0.1, 0.15) is 58.8 Å². The Kier molecular flexibility index (Phi) is 11.1. The van der Waals surface area contributed by atoms with Gasteiger partial charge in [0.05, 0.1) is 6.33 Å². The molecule has 0 aliphatic carbocycles. The van der Waals surface area contributed by atoms with E-state index in [-0.39, 0.29) is 11.8 Å². The van der Waals surface area contributed by atoms with E-state index < -0.39 is 29.9 Å². The maximum atomic E-state index is 12.4. The van der Waals surface area contributed by atoms with E-state index in [0.29, 0.717) is 44.9 Å². The van der Waals surface area contributed by atoms with Crippen molar-refractivity contribution in [3.8, 4) is 0 Å². The number of carbonyl (C=O) groups is 4. The van der Waals surface area contributed by atoms with Gasteiger partial charge < -0.3 is 26.7 Å². The number of aromatic nitrogens is 2. The van der Waals surface area contributed by atoms with Gasteiger partial charge in [-0.3, -0.25) is 19.2 Å². The predicted octanol–water partition coefficient (Wildman–Crippen LogP) is 0.120. The van der Waals surface area contributed by atoms with Crippen molar-refractivity contribution < 1.29 is 19.2 Å². The highest BCUT2D eigenvalue weighted by molar-refractivity contribution is 5.94. The van der Waals surface area contributed by atoms with Gasteiger partial charge in [-0.25, -0.2) is 4.98 Å². The molecular weight excluding hydrogens is 376 g/mol. The van der Waals surface area contributed by atoms with Gasteiger partial charge in [-0.05, 0) is 25.7 Å². The van der Waals surface area contributed by atoms with Gasteiger partial charge in [0.25, 0.3) is 0 Å². The first-order valence-corrected chi connectivity index (χ1v) is 10.0. The van der Waals surface area contributed by atoms with Crippen LogP contribution in [0.15, 0.2) is 18.7 Å². The quantitative estimate of drug-likeness (QED) is 0.392. The van der Waals surface area contributed by atoms with Crippen LogP contribution in [-0.2, 0) is 19.2 Å². The van der Waals surface area contributed by atoms with Crippen molar-refractivity contribution in [1.82, 2.24) is 25.9 Å². The first kappa shape index (κ1) is 24.1. The summed E-state index contributed by atoms with van der Waals surface area (Å²) in [5, 5.41) is 7.91. The summed E-state index contributed by atoms with van der Waals surface area (Å²) in [6.07, 6.45) is 8.98. The smallest absolute Gasteiger partial charge is 0.243 e. The molecule has 2 rings (SSSR count). The molecule has 1 aromatic rings. The van der Waals surface area contributed by atoms with Crippen LogP contribution in [0.4, 0.5) is 0 Å². The van der Waals surface area contributed by atoms with E-state index in [0.717, 1.165) is 0 Å². The van der Waals surface area contributed by atoms with Crippen LogP contribution in [0.5, 0.6) is 0 Å². The van der Waals surface area contributed by atoms with Crippen molar-refractivity contribution >= 4 is 23.6 Å². The number of carbonyl (C=O) groups excluding carboxylic acids is 4. The van der Waals surface area contributed by atoms with E-state index >= 15 is 0 Å². The second-order valence-electron chi connectivity index (χ2n) is 6.87. The molecule has 3 unspecified atom stereocenters.